The van der Waals surface area contributed by atoms with Gasteiger partial charge in [-0.05, 0) is 12.1 Å². The molecule has 0 spiro atoms. The lowest BCUT2D eigenvalue weighted by Crippen LogP contribution is -1.86. The Labute approximate surface area is 88.2 Å². The average Bonchev–Trinajstić information content (AvgIpc) is 2.16. The molecule has 0 aliphatic rings. The third-order valence-electron chi connectivity index (χ3n) is 1.41. The van der Waals surface area contributed by atoms with Gasteiger partial charge >= 0.3 is 0 Å². The van der Waals surface area contributed by atoms with Gasteiger partial charge in [0, 0.05) is 32.2 Å². The van der Waals surface area contributed by atoms with Crippen LogP contribution in [0.2, 0.25) is 0 Å². The minimum Gasteiger partial charge on any atom is -0.497 e. The summed E-state index contributed by atoms with van der Waals surface area (Å²) in [7, 11) is 4.94. The smallest absolute Gasteiger partial charge is 0.123 e. The quantitative estimate of drug-likeness (QED) is 0.798. The maximum Gasteiger partial charge on any atom is 0.123 e. The van der Waals surface area contributed by atoms with Gasteiger partial charge < -0.3 is 9.47 Å². The average molecular weight is 296 g/mol. The third-order valence-corrected chi connectivity index (χ3v) is 3.35. The zero-order chi connectivity index (χ0) is 8.97. The molecule has 0 radical (unpaired) electrons. The molecule has 0 atom stereocenters. The van der Waals surface area contributed by atoms with E-state index in [4.69, 9.17) is 9.47 Å². The van der Waals surface area contributed by atoms with E-state index in [0.717, 1.165) is 16.4 Å². The van der Waals surface area contributed by atoms with E-state index in [1.807, 2.05) is 18.2 Å². The molecular weight excluding hydrogens is 287 g/mol. The number of rotatable bonds is 3. The third kappa shape index (κ3) is 2.45. The molecule has 2 nitrogen and oxygen atoms in total. The molecule has 0 N–H and O–H groups in total. The van der Waals surface area contributed by atoms with Crippen molar-refractivity contribution >= 4 is 30.1 Å². The van der Waals surface area contributed by atoms with E-state index in [0.29, 0.717) is 0 Å². The zero-order valence-electron chi connectivity index (χ0n) is 6.83. The van der Waals surface area contributed by atoms with Gasteiger partial charge in [-0.25, -0.2) is 0 Å². The molecular formula is C8H9IO2S. The molecule has 0 heterocycles. The normalized spacial score (nSPS) is 9.58. The molecule has 1 aromatic carbocycles. The van der Waals surface area contributed by atoms with Crippen LogP contribution in [0.25, 0.3) is 0 Å². The highest BCUT2D eigenvalue weighted by Crippen LogP contribution is 2.32. The maximum absolute atomic E-state index is 5.10. The van der Waals surface area contributed by atoms with Crippen LogP contribution in [-0.2, 0) is 0 Å². The summed E-state index contributed by atoms with van der Waals surface area (Å²) in [5.41, 5.74) is 0. The van der Waals surface area contributed by atoms with Gasteiger partial charge in [-0.2, -0.15) is 0 Å². The van der Waals surface area contributed by atoms with Gasteiger partial charge in [-0.15, -0.1) is 0 Å². The maximum atomic E-state index is 5.10. The summed E-state index contributed by atoms with van der Waals surface area (Å²) < 4.78 is 10.2. The highest BCUT2D eigenvalue weighted by molar-refractivity contribution is 14.2. The van der Waals surface area contributed by atoms with Crippen molar-refractivity contribution in [1.82, 2.24) is 0 Å². The Morgan fingerprint density at radius 3 is 1.92 bits per heavy atom. The fourth-order valence-corrected chi connectivity index (χ4v) is 1.91. The standard InChI is InChI=1S/C8H9IO2S/c1-10-6-3-7(11-2)5-8(4-6)12-9/h3-5H,1-2H3. The van der Waals surface area contributed by atoms with Crippen molar-refractivity contribution in [3.8, 4) is 11.5 Å². The Morgan fingerprint density at radius 1 is 1.08 bits per heavy atom. The minimum atomic E-state index is 0.827. The predicted molar refractivity (Wildman–Crippen MR) is 59.4 cm³/mol. The minimum absolute atomic E-state index is 0.827. The fourth-order valence-electron chi connectivity index (χ4n) is 0.826. The van der Waals surface area contributed by atoms with Gasteiger partial charge in [0.25, 0.3) is 0 Å². The number of methoxy groups -OCH3 is 2. The van der Waals surface area contributed by atoms with Crippen LogP contribution < -0.4 is 9.47 Å². The van der Waals surface area contributed by atoms with Crippen LogP contribution in [0.5, 0.6) is 11.5 Å². The number of hydrogen-bond donors (Lipinski definition) is 0. The van der Waals surface area contributed by atoms with Crippen LogP contribution in [0.3, 0.4) is 0 Å². The molecule has 1 aromatic rings. The number of ether oxygens (including phenoxy) is 2. The number of hydrogen-bond acceptors (Lipinski definition) is 3. The highest BCUT2D eigenvalue weighted by Gasteiger charge is 2.00. The van der Waals surface area contributed by atoms with E-state index in [9.17, 15) is 0 Å². The first-order valence-electron chi connectivity index (χ1n) is 3.32. The Bertz CT molecular complexity index is 210. The molecule has 0 aliphatic heterocycles. The summed E-state index contributed by atoms with van der Waals surface area (Å²) in [4.78, 5) is 1.13. The second-order valence-electron chi connectivity index (χ2n) is 2.13. The van der Waals surface area contributed by atoms with Crippen LogP contribution in [0.15, 0.2) is 23.1 Å². The molecule has 0 fully saturated rings. The summed E-state index contributed by atoms with van der Waals surface area (Å²) >= 11 is 2.22. The van der Waals surface area contributed by atoms with Crippen molar-refractivity contribution in [1.29, 1.82) is 0 Å². The van der Waals surface area contributed by atoms with E-state index in [-0.39, 0.29) is 0 Å². The van der Waals surface area contributed by atoms with Crippen molar-refractivity contribution in [2.75, 3.05) is 14.2 Å². The first-order chi connectivity index (χ1) is 5.80. The van der Waals surface area contributed by atoms with Gasteiger partial charge in [-0.3, -0.25) is 0 Å². The molecule has 12 heavy (non-hydrogen) atoms. The van der Waals surface area contributed by atoms with Crippen molar-refractivity contribution < 1.29 is 9.47 Å². The summed E-state index contributed by atoms with van der Waals surface area (Å²) in [5.74, 6) is 1.65. The molecule has 4 heteroatoms. The molecule has 0 aliphatic carbocycles. The SMILES string of the molecule is COc1cc(OC)cc(SI)c1. The first-order valence-corrected chi connectivity index (χ1v) is 6.67. The molecule has 1 rings (SSSR count). The van der Waals surface area contributed by atoms with Crippen LogP contribution in [0, 0.1) is 0 Å². The Hall–Kier alpha value is -0.100. The topological polar surface area (TPSA) is 18.5 Å². The molecule has 0 amide bonds. The summed E-state index contributed by atoms with van der Waals surface area (Å²) in [6.45, 7) is 0. The van der Waals surface area contributed by atoms with Gasteiger partial charge in [0.15, 0.2) is 0 Å². The van der Waals surface area contributed by atoms with Crippen molar-refractivity contribution in [3.05, 3.63) is 18.2 Å². The second-order valence-corrected chi connectivity index (χ2v) is 4.07. The summed E-state index contributed by atoms with van der Waals surface area (Å²) in [5, 5.41) is 0. The van der Waals surface area contributed by atoms with Crippen molar-refractivity contribution in [2.24, 2.45) is 0 Å². The fraction of sp³-hybridized carbons (Fsp3) is 0.250. The van der Waals surface area contributed by atoms with Crippen LogP contribution in [-0.4, -0.2) is 14.2 Å². The lowest BCUT2D eigenvalue weighted by Gasteiger charge is -2.05. The Balaban J connectivity index is 3.01. The van der Waals surface area contributed by atoms with E-state index in [1.54, 1.807) is 23.2 Å². The van der Waals surface area contributed by atoms with Crippen LogP contribution in [0.1, 0.15) is 0 Å². The van der Waals surface area contributed by atoms with Gasteiger partial charge in [0.05, 0.1) is 14.2 Å². The molecule has 0 bridgehead atoms. The highest BCUT2D eigenvalue weighted by atomic mass is 127. The summed E-state index contributed by atoms with van der Waals surface area (Å²) in [6, 6.07) is 5.80. The van der Waals surface area contributed by atoms with E-state index < -0.39 is 0 Å². The van der Waals surface area contributed by atoms with Gasteiger partial charge in [-0.1, -0.05) is 8.93 Å². The van der Waals surface area contributed by atoms with E-state index in [1.165, 1.54) is 0 Å². The van der Waals surface area contributed by atoms with Crippen LogP contribution >= 0.6 is 30.1 Å². The Kier molecular flexibility index (Phi) is 4.00. The molecule has 0 aromatic heterocycles. The summed E-state index contributed by atoms with van der Waals surface area (Å²) in [6.07, 6.45) is 0. The zero-order valence-corrected chi connectivity index (χ0v) is 9.81. The van der Waals surface area contributed by atoms with Gasteiger partial charge in [0.2, 0.25) is 0 Å². The number of halogens is 1. The number of benzene rings is 1. The van der Waals surface area contributed by atoms with Gasteiger partial charge in [0.1, 0.15) is 11.5 Å². The van der Waals surface area contributed by atoms with Crippen molar-refractivity contribution in [2.45, 2.75) is 4.90 Å². The second kappa shape index (κ2) is 4.81. The molecule has 0 saturated carbocycles. The van der Waals surface area contributed by atoms with Crippen LogP contribution in [0.4, 0.5) is 0 Å². The van der Waals surface area contributed by atoms with E-state index >= 15 is 0 Å². The predicted octanol–water partition coefficient (Wildman–Crippen LogP) is 3.15. The monoisotopic (exact) mass is 296 g/mol. The lowest BCUT2D eigenvalue weighted by molar-refractivity contribution is 0.392. The molecule has 0 unspecified atom stereocenters. The van der Waals surface area contributed by atoms with E-state index in [2.05, 4.69) is 21.2 Å². The first kappa shape index (κ1) is 9.98. The Morgan fingerprint density at radius 2 is 1.58 bits per heavy atom. The lowest BCUT2D eigenvalue weighted by atomic mass is 10.3. The molecule has 66 valence electrons. The molecule has 0 saturated heterocycles. The van der Waals surface area contributed by atoms with Crippen molar-refractivity contribution in [3.63, 3.8) is 0 Å². The largest absolute Gasteiger partial charge is 0.497 e.